The van der Waals surface area contributed by atoms with Crippen molar-refractivity contribution >= 4 is 29.1 Å². The van der Waals surface area contributed by atoms with Crippen molar-refractivity contribution in [1.82, 2.24) is 19.7 Å². The van der Waals surface area contributed by atoms with Gasteiger partial charge < -0.3 is 20.4 Å². The van der Waals surface area contributed by atoms with Gasteiger partial charge in [-0.1, -0.05) is 74.4 Å². The summed E-state index contributed by atoms with van der Waals surface area (Å²) in [5.74, 6) is 0.853. The molecule has 4 aromatic rings. The van der Waals surface area contributed by atoms with Crippen LogP contribution < -0.4 is 16.0 Å². The van der Waals surface area contributed by atoms with Crippen LogP contribution in [0.25, 0.3) is 16.9 Å². The molecule has 2 amide bonds. The number of anilines is 1. The number of fused-ring (bicyclic) bond motifs is 1. The Labute approximate surface area is 234 Å². The van der Waals surface area contributed by atoms with E-state index in [2.05, 4.69) is 71.5 Å². The topological polar surface area (TPSA) is 88.5 Å². The van der Waals surface area contributed by atoms with E-state index in [1.807, 2.05) is 47.3 Å². The lowest BCUT2D eigenvalue weighted by molar-refractivity contribution is 0.250. The van der Waals surface area contributed by atoms with Crippen LogP contribution >= 0.6 is 11.6 Å². The van der Waals surface area contributed by atoms with Crippen molar-refractivity contribution < 1.29 is 4.79 Å². The fourth-order valence-corrected chi connectivity index (χ4v) is 5.18. The SMILES string of the molecule is CCCCN(Cc1ccc(Cl)cc1)c1nc(-c2cccc(C3(C)C=CC=C(NC(N)=O)C3)c2)cn2ccnc12. The van der Waals surface area contributed by atoms with E-state index in [9.17, 15) is 4.79 Å². The number of hydrogen-bond acceptors (Lipinski definition) is 4. The first-order valence-electron chi connectivity index (χ1n) is 13.2. The van der Waals surface area contributed by atoms with E-state index in [1.54, 1.807) is 0 Å². The number of unbranched alkanes of at least 4 members (excludes halogenated alkanes) is 1. The fraction of sp³-hybridized carbons (Fsp3) is 0.258. The van der Waals surface area contributed by atoms with E-state index >= 15 is 0 Å². The molecule has 8 heteroatoms. The molecule has 0 bridgehead atoms. The van der Waals surface area contributed by atoms with Crippen molar-refractivity contribution in [2.24, 2.45) is 5.73 Å². The fourth-order valence-electron chi connectivity index (χ4n) is 5.05. The second-order valence-corrected chi connectivity index (χ2v) is 10.7. The molecule has 2 aromatic carbocycles. The molecule has 200 valence electrons. The molecular weight excluding hydrogens is 508 g/mol. The van der Waals surface area contributed by atoms with Crippen LogP contribution in [0, 0.1) is 0 Å². The Bertz CT molecular complexity index is 1540. The summed E-state index contributed by atoms with van der Waals surface area (Å²) in [5.41, 5.74) is 10.9. The van der Waals surface area contributed by atoms with Gasteiger partial charge in [0.15, 0.2) is 11.5 Å². The van der Waals surface area contributed by atoms with Gasteiger partial charge in [0.1, 0.15) is 0 Å². The minimum atomic E-state index is -0.552. The van der Waals surface area contributed by atoms with Gasteiger partial charge >= 0.3 is 6.03 Å². The molecule has 1 aliphatic rings. The molecule has 1 aliphatic carbocycles. The zero-order valence-corrected chi connectivity index (χ0v) is 23.0. The van der Waals surface area contributed by atoms with Crippen LogP contribution in [-0.2, 0) is 12.0 Å². The Kier molecular flexibility index (Phi) is 7.70. The van der Waals surface area contributed by atoms with E-state index in [0.717, 1.165) is 58.4 Å². The summed E-state index contributed by atoms with van der Waals surface area (Å²) in [5, 5.41) is 3.47. The second kappa shape index (κ2) is 11.3. The maximum absolute atomic E-state index is 11.4. The number of urea groups is 1. The number of amides is 2. The van der Waals surface area contributed by atoms with Crippen LogP contribution in [0.4, 0.5) is 10.6 Å². The van der Waals surface area contributed by atoms with Crippen LogP contribution in [0.1, 0.15) is 44.2 Å². The molecule has 2 heterocycles. The molecule has 0 fully saturated rings. The average Bonchev–Trinajstić information content (AvgIpc) is 3.40. The van der Waals surface area contributed by atoms with Gasteiger partial charge in [0.05, 0.1) is 5.69 Å². The number of nitrogens with one attached hydrogen (secondary N) is 1. The predicted molar refractivity (Wildman–Crippen MR) is 158 cm³/mol. The summed E-state index contributed by atoms with van der Waals surface area (Å²) in [6.45, 7) is 5.93. The van der Waals surface area contributed by atoms with Gasteiger partial charge in [-0.05, 0) is 41.8 Å². The smallest absolute Gasteiger partial charge is 0.316 e. The minimum absolute atomic E-state index is 0.299. The first kappa shape index (κ1) is 26.5. The van der Waals surface area contributed by atoms with Crippen LogP contribution in [0.3, 0.4) is 0 Å². The largest absolute Gasteiger partial charge is 0.351 e. The summed E-state index contributed by atoms with van der Waals surface area (Å²) in [4.78, 5) is 23.6. The standard InChI is InChI=1S/C31H33ClN6O/c1-3-4-16-37(20-22-10-12-25(32)13-11-22)29-28-34-15-17-38(28)21-27(36-29)23-7-5-8-24(18-23)31(2)14-6-9-26(19-31)35-30(33)39/h5-15,17-18,21H,3-4,16,19-20H2,1-2H3,(H3,33,35,39). The Hall–Kier alpha value is -4.10. The third-order valence-electron chi connectivity index (χ3n) is 7.14. The lowest BCUT2D eigenvalue weighted by atomic mass is 9.75. The summed E-state index contributed by atoms with van der Waals surface area (Å²) in [7, 11) is 0. The lowest BCUT2D eigenvalue weighted by Crippen LogP contribution is -2.33. The third-order valence-corrected chi connectivity index (χ3v) is 7.40. The van der Waals surface area contributed by atoms with E-state index in [4.69, 9.17) is 22.3 Å². The number of halogens is 1. The molecule has 0 aliphatic heterocycles. The Balaban J connectivity index is 1.52. The summed E-state index contributed by atoms with van der Waals surface area (Å²) < 4.78 is 2.05. The van der Waals surface area contributed by atoms with Crippen molar-refractivity contribution in [2.75, 3.05) is 11.4 Å². The number of rotatable bonds is 9. The molecule has 7 nitrogen and oxygen atoms in total. The molecule has 1 unspecified atom stereocenters. The zero-order valence-electron chi connectivity index (χ0n) is 22.3. The number of hydrogen-bond donors (Lipinski definition) is 2. The zero-order chi connectivity index (χ0) is 27.4. The molecular formula is C31H33ClN6O. The number of benzene rings is 2. The lowest BCUT2D eigenvalue weighted by Gasteiger charge is -2.30. The van der Waals surface area contributed by atoms with Crippen molar-refractivity contribution in [1.29, 1.82) is 0 Å². The van der Waals surface area contributed by atoms with Gasteiger partial charge in [-0.25, -0.2) is 14.8 Å². The van der Waals surface area contributed by atoms with Crippen molar-refractivity contribution in [3.05, 3.63) is 107 Å². The number of carbonyl (C=O) groups is 1. The number of aromatic nitrogens is 3. The van der Waals surface area contributed by atoms with Gasteiger partial charge in [-0.2, -0.15) is 0 Å². The van der Waals surface area contributed by atoms with Crippen molar-refractivity contribution in [2.45, 2.75) is 45.1 Å². The quantitative estimate of drug-likeness (QED) is 0.249. The van der Waals surface area contributed by atoms with Gasteiger partial charge in [-0.15, -0.1) is 0 Å². The number of nitrogens with zero attached hydrogens (tertiary/aromatic N) is 4. The highest BCUT2D eigenvalue weighted by Crippen LogP contribution is 2.36. The highest BCUT2D eigenvalue weighted by molar-refractivity contribution is 6.30. The van der Waals surface area contributed by atoms with E-state index in [-0.39, 0.29) is 5.41 Å². The van der Waals surface area contributed by atoms with Crippen LogP contribution in [0.15, 0.2) is 91.0 Å². The molecule has 2 aromatic heterocycles. The molecule has 0 radical (unpaired) electrons. The molecule has 0 saturated heterocycles. The van der Waals surface area contributed by atoms with Crippen molar-refractivity contribution in [3.8, 4) is 11.3 Å². The number of allylic oxidation sites excluding steroid dienone is 4. The summed E-state index contributed by atoms with van der Waals surface area (Å²) >= 11 is 6.14. The molecule has 5 rings (SSSR count). The highest BCUT2D eigenvalue weighted by atomic mass is 35.5. The number of primary amides is 1. The summed E-state index contributed by atoms with van der Waals surface area (Å²) in [6.07, 6.45) is 14.6. The molecule has 39 heavy (non-hydrogen) atoms. The first-order chi connectivity index (χ1) is 18.8. The Morgan fingerprint density at radius 1 is 1.23 bits per heavy atom. The maximum Gasteiger partial charge on any atom is 0.316 e. The average molecular weight is 541 g/mol. The van der Waals surface area contributed by atoms with Gasteiger partial charge in [0, 0.05) is 59.8 Å². The highest BCUT2D eigenvalue weighted by Gasteiger charge is 2.28. The van der Waals surface area contributed by atoms with Gasteiger partial charge in [0.25, 0.3) is 0 Å². The maximum atomic E-state index is 11.4. The Morgan fingerprint density at radius 3 is 2.82 bits per heavy atom. The van der Waals surface area contributed by atoms with Crippen molar-refractivity contribution in [3.63, 3.8) is 0 Å². The second-order valence-electron chi connectivity index (χ2n) is 10.2. The molecule has 1 atom stereocenters. The van der Waals surface area contributed by atoms with Gasteiger partial charge in [0.2, 0.25) is 0 Å². The number of carbonyl (C=O) groups excluding carboxylic acids is 1. The van der Waals surface area contributed by atoms with Crippen LogP contribution in [0.2, 0.25) is 5.02 Å². The number of nitrogens with two attached hydrogens (primary N) is 1. The van der Waals surface area contributed by atoms with E-state index < -0.39 is 6.03 Å². The monoisotopic (exact) mass is 540 g/mol. The third kappa shape index (κ3) is 5.99. The number of imidazole rings is 1. The molecule has 0 spiro atoms. The normalized spacial score (nSPS) is 16.7. The predicted octanol–water partition coefficient (Wildman–Crippen LogP) is 6.63. The van der Waals surface area contributed by atoms with Gasteiger partial charge in [-0.3, -0.25) is 0 Å². The molecule has 0 saturated carbocycles. The van der Waals surface area contributed by atoms with E-state index in [0.29, 0.717) is 13.0 Å². The van der Waals surface area contributed by atoms with Crippen LogP contribution in [0.5, 0.6) is 0 Å². The van der Waals surface area contributed by atoms with E-state index in [1.165, 1.54) is 5.56 Å². The Morgan fingerprint density at radius 2 is 2.05 bits per heavy atom. The molecule has 3 N–H and O–H groups in total. The summed E-state index contributed by atoms with van der Waals surface area (Å²) in [6, 6.07) is 15.9. The minimum Gasteiger partial charge on any atom is -0.351 e. The first-order valence-corrected chi connectivity index (χ1v) is 13.6. The van der Waals surface area contributed by atoms with Crippen LogP contribution in [-0.4, -0.2) is 26.9 Å².